The fourth-order valence-corrected chi connectivity index (χ4v) is 5.52. The third-order valence-electron chi connectivity index (χ3n) is 6.58. The van der Waals surface area contributed by atoms with Crippen LogP contribution in [0.1, 0.15) is 36.4 Å². The normalized spacial score (nSPS) is 29.8. The highest BCUT2D eigenvalue weighted by Gasteiger charge is 2.71. The molecule has 4 unspecified atom stereocenters. The predicted molar refractivity (Wildman–Crippen MR) is 112 cm³/mol. The van der Waals surface area contributed by atoms with Crippen LogP contribution in [0.5, 0.6) is 0 Å². The van der Waals surface area contributed by atoms with Crippen molar-refractivity contribution in [2.75, 3.05) is 13.2 Å². The standard InChI is InChI=1S/C23H22BrN3O/c24-17-7-8-20-18(11-17)21(15-5-2-1-3-6-15)27(9-4-10-28)22(26-20)23-12-16(14-25)19(23)13-23/h1-3,5-8,11,16,19,21,28H,4,9-10,12-13H2. The van der Waals surface area contributed by atoms with Crippen LogP contribution in [-0.4, -0.2) is 29.0 Å². The third kappa shape index (κ3) is 2.62. The maximum Gasteiger partial charge on any atom is 0.112 e. The Morgan fingerprint density at radius 3 is 2.75 bits per heavy atom. The van der Waals surface area contributed by atoms with E-state index in [9.17, 15) is 10.4 Å². The molecule has 28 heavy (non-hydrogen) atoms. The van der Waals surface area contributed by atoms with Gasteiger partial charge in [0.15, 0.2) is 0 Å². The fourth-order valence-electron chi connectivity index (χ4n) is 5.14. The van der Waals surface area contributed by atoms with Gasteiger partial charge in [-0.3, -0.25) is 0 Å². The van der Waals surface area contributed by atoms with Crippen molar-refractivity contribution < 1.29 is 5.11 Å². The number of amidine groups is 1. The number of benzene rings is 2. The number of fused-ring (bicyclic) bond motifs is 2. The lowest BCUT2D eigenvalue weighted by atomic mass is 9.73. The van der Waals surface area contributed by atoms with Gasteiger partial charge in [-0.1, -0.05) is 46.3 Å². The summed E-state index contributed by atoms with van der Waals surface area (Å²) in [6, 6.07) is 19.4. The molecule has 0 radical (unpaired) electrons. The van der Waals surface area contributed by atoms with Crippen LogP contribution in [0.2, 0.25) is 0 Å². The molecule has 2 aromatic rings. The number of aliphatic hydroxyl groups excluding tert-OH is 1. The summed E-state index contributed by atoms with van der Waals surface area (Å²) in [6.07, 6.45) is 2.68. The van der Waals surface area contributed by atoms with Gasteiger partial charge in [0.05, 0.1) is 23.7 Å². The first-order valence-electron chi connectivity index (χ1n) is 9.88. The molecule has 2 aromatic carbocycles. The van der Waals surface area contributed by atoms with Crippen LogP contribution in [0.4, 0.5) is 5.69 Å². The van der Waals surface area contributed by atoms with E-state index in [4.69, 9.17) is 4.99 Å². The molecular formula is C23H22BrN3O. The van der Waals surface area contributed by atoms with Crippen molar-refractivity contribution >= 4 is 27.5 Å². The van der Waals surface area contributed by atoms with Crippen LogP contribution in [0.15, 0.2) is 58.0 Å². The third-order valence-corrected chi connectivity index (χ3v) is 7.07. The zero-order chi connectivity index (χ0) is 19.3. The summed E-state index contributed by atoms with van der Waals surface area (Å²) >= 11 is 3.62. The second kappa shape index (κ2) is 6.72. The highest BCUT2D eigenvalue weighted by molar-refractivity contribution is 9.10. The molecule has 4 nitrogen and oxygen atoms in total. The summed E-state index contributed by atoms with van der Waals surface area (Å²) in [7, 11) is 0. The summed E-state index contributed by atoms with van der Waals surface area (Å²) in [4.78, 5) is 7.53. The van der Waals surface area contributed by atoms with Crippen LogP contribution in [-0.2, 0) is 0 Å². The Balaban J connectivity index is 1.64. The Morgan fingerprint density at radius 1 is 1.21 bits per heavy atom. The second-order valence-electron chi connectivity index (χ2n) is 8.13. The van der Waals surface area contributed by atoms with E-state index in [0.29, 0.717) is 12.3 Å². The minimum Gasteiger partial charge on any atom is -0.396 e. The van der Waals surface area contributed by atoms with Gasteiger partial charge in [0.1, 0.15) is 5.84 Å². The zero-order valence-electron chi connectivity index (χ0n) is 15.6. The molecule has 0 saturated heterocycles. The van der Waals surface area contributed by atoms with E-state index >= 15 is 0 Å². The van der Waals surface area contributed by atoms with Gasteiger partial charge in [-0.2, -0.15) is 5.26 Å². The smallest absolute Gasteiger partial charge is 0.112 e. The van der Waals surface area contributed by atoms with Gasteiger partial charge in [-0.25, -0.2) is 4.99 Å². The molecule has 0 aromatic heterocycles. The minimum absolute atomic E-state index is 0.0631. The summed E-state index contributed by atoms with van der Waals surface area (Å²) in [5.41, 5.74) is 3.50. The number of nitriles is 1. The van der Waals surface area contributed by atoms with Gasteiger partial charge >= 0.3 is 0 Å². The summed E-state index contributed by atoms with van der Waals surface area (Å²) < 4.78 is 1.04. The van der Waals surface area contributed by atoms with E-state index in [-0.39, 0.29) is 24.0 Å². The maximum atomic E-state index is 9.53. The van der Waals surface area contributed by atoms with Crippen molar-refractivity contribution in [2.45, 2.75) is 25.3 Å². The fraction of sp³-hybridized carbons (Fsp3) is 0.391. The first kappa shape index (κ1) is 17.9. The Morgan fingerprint density at radius 2 is 2.04 bits per heavy atom. The van der Waals surface area contributed by atoms with Crippen LogP contribution in [0, 0.1) is 28.6 Å². The molecular weight excluding hydrogens is 414 g/mol. The molecule has 2 saturated carbocycles. The van der Waals surface area contributed by atoms with Crippen molar-refractivity contribution in [3.05, 3.63) is 64.1 Å². The number of hydrogen-bond donors (Lipinski definition) is 1. The van der Waals surface area contributed by atoms with Crippen LogP contribution >= 0.6 is 15.9 Å². The molecule has 2 fully saturated rings. The number of aliphatic hydroxyl groups is 1. The number of halogens is 1. The first-order chi connectivity index (χ1) is 13.7. The number of nitrogens with zero attached hydrogens (tertiary/aromatic N) is 3. The quantitative estimate of drug-likeness (QED) is 0.732. The largest absolute Gasteiger partial charge is 0.396 e. The Kier molecular flexibility index (Phi) is 4.30. The van der Waals surface area contributed by atoms with Crippen LogP contribution in [0.25, 0.3) is 0 Å². The number of rotatable bonds is 5. The lowest BCUT2D eigenvalue weighted by Crippen LogP contribution is -2.47. The Hall–Kier alpha value is -2.16. The summed E-state index contributed by atoms with van der Waals surface area (Å²) in [5.74, 6) is 1.74. The molecule has 1 N–H and O–H groups in total. The van der Waals surface area contributed by atoms with Gasteiger partial charge < -0.3 is 10.0 Å². The van der Waals surface area contributed by atoms with E-state index in [1.807, 2.05) is 12.1 Å². The van der Waals surface area contributed by atoms with E-state index in [1.165, 1.54) is 11.1 Å². The SMILES string of the molecule is N#CC1CC2(C3=Nc4ccc(Br)cc4C(c4ccccc4)N3CCCO)CC12. The molecule has 3 aliphatic rings. The molecule has 2 aliphatic carbocycles. The Labute approximate surface area is 173 Å². The van der Waals surface area contributed by atoms with E-state index in [2.05, 4.69) is 63.3 Å². The first-order valence-corrected chi connectivity index (χ1v) is 10.7. The van der Waals surface area contributed by atoms with Crippen LogP contribution in [0.3, 0.4) is 0 Å². The Bertz CT molecular complexity index is 983. The average Bonchev–Trinajstić information content (AvgIpc) is 3.31. The van der Waals surface area contributed by atoms with Crippen molar-refractivity contribution in [3.63, 3.8) is 0 Å². The molecule has 5 heteroatoms. The molecule has 4 atom stereocenters. The monoisotopic (exact) mass is 435 g/mol. The topological polar surface area (TPSA) is 59.6 Å². The van der Waals surface area contributed by atoms with Crippen molar-refractivity contribution in [1.29, 1.82) is 5.26 Å². The maximum absolute atomic E-state index is 9.53. The van der Waals surface area contributed by atoms with Gasteiger partial charge in [0.2, 0.25) is 0 Å². The van der Waals surface area contributed by atoms with Crippen molar-refractivity contribution in [1.82, 2.24) is 4.90 Å². The van der Waals surface area contributed by atoms with E-state index < -0.39 is 0 Å². The molecule has 1 heterocycles. The van der Waals surface area contributed by atoms with Gasteiger partial charge in [0.25, 0.3) is 0 Å². The number of hydrogen-bond acceptors (Lipinski definition) is 4. The van der Waals surface area contributed by atoms with E-state index in [1.54, 1.807) is 0 Å². The van der Waals surface area contributed by atoms with Gasteiger partial charge in [-0.05, 0) is 48.9 Å². The van der Waals surface area contributed by atoms with Crippen molar-refractivity contribution in [2.24, 2.45) is 22.2 Å². The van der Waals surface area contributed by atoms with E-state index in [0.717, 1.165) is 35.4 Å². The summed E-state index contributed by atoms with van der Waals surface area (Å²) in [6.45, 7) is 0.917. The summed E-state index contributed by atoms with van der Waals surface area (Å²) in [5, 5.41) is 18.9. The minimum atomic E-state index is 0.0631. The highest BCUT2D eigenvalue weighted by Crippen LogP contribution is 2.72. The van der Waals surface area contributed by atoms with Gasteiger partial charge in [0, 0.05) is 28.6 Å². The molecule has 5 rings (SSSR count). The number of aliphatic imine (C=N–C) groups is 1. The lowest BCUT2D eigenvalue weighted by molar-refractivity contribution is 0.226. The molecule has 0 spiro atoms. The van der Waals surface area contributed by atoms with Crippen molar-refractivity contribution in [3.8, 4) is 6.07 Å². The molecule has 1 aliphatic heterocycles. The van der Waals surface area contributed by atoms with Crippen LogP contribution < -0.4 is 0 Å². The molecule has 0 bridgehead atoms. The highest BCUT2D eigenvalue weighted by atomic mass is 79.9. The van der Waals surface area contributed by atoms with Gasteiger partial charge in [-0.15, -0.1) is 0 Å². The lowest BCUT2D eigenvalue weighted by Gasteiger charge is -2.45. The predicted octanol–water partition coefficient (Wildman–Crippen LogP) is 4.82. The molecule has 142 valence electrons. The zero-order valence-corrected chi connectivity index (χ0v) is 17.1. The average molecular weight is 436 g/mol. The second-order valence-corrected chi connectivity index (χ2v) is 9.04. The molecule has 0 amide bonds.